The van der Waals surface area contributed by atoms with Gasteiger partial charge in [-0.25, -0.2) is 0 Å². The molecule has 1 saturated carbocycles. The van der Waals surface area contributed by atoms with Crippen molar-refractivity contribution in [1.82, 2.24) is 5.32 Å². The van der Waals surface area contributed by atoms with E-state index in [1.54, 1.807) is 0 Å². The van der Waals surface area contributed by atoms with Crippen LogP contribution in [0.15, 0.2) is 30.3 Å². The fourth-order valence-electron chi connectivity index (χ4n) is 4.16. The Hall–Kier alpha value is -1.39. The highest BCUT2D eigenvalue weighted by molar-refractivity contribution is 5.79. The number of rotatable bonds is 5. The molecule has 2 fully saturated rings. The maximum atomic E-state index is 12.8. The van der Waals surface area contributed by atoms with Crippen molar-refractivity contribution in [3.05, 3.63) is 35.9 Å². The lowest BCUT2D eigenvalue weighted by Crippen LogP contribution is -2.49. The Balaban J connectivity index is 1.54. The molecule has 1 heterocycles. The summed E-state index contributed by atoms with van der Waals surface area (Å²) in [5.41, 5.74) is 1.19. The number of ether oxygens (including phenoxy) is 2. The van der Waals surface area contributed by atoms with E-state index in [-0.39, 0.29) is 36.2 Å². The molecule has 0 spiro atoms. The lowest BCUT2D eigenvalue weighted by Gasteiger charge is -2.35. The third-order valence-corrected chi connectivity index (χ3v) is 5.41. The van der Waals surface area contributed by atoms with Gasteiger partial charge in [0.15, 0.2) is 0 Å². The maximum Gasteiger partial charge on any atom is 0.223 e. The van der Waals surface area contributed by atoms with Crippen LogP contribution in [0.3, 0.4) is 0 Å². The molecule has 0 radical (unpaired) electrons. The molecule has 1 aliphatic heterocycles. The molecule has 5 atom stereocenters. The van der Waals surface area contributed by atoms with Crippen molar-refractivity contribution in [2.75, 3.05) is 0 Å². The molecule has 1 unspecified atom stereocenters. The van der Waals surface area contributed by atoms with E-state index < -0.39 is 0 Å². The monoisotopic (exact) mass is 345 g/mol. The van der Waals surface area contributed by atoms with Crippen LogP contribution in [0.25, 0.3) is 0 Å². The van der Waals surface area contributed by atoms with E-state index in [1.807, 2.05) is 18.2 Å². The van der Waals surface area contributed by atoms with Crippen LogP contribution >= 0.6 is 0 Å². The smallest absolute Gasteiger partial charge is 0.223 e. The summed E-state index contributed by atoms with van der Waals surface area (Å²) in [5, 5.41) is 3.30. The molecule has 2 aliphatic rings. The van der Waals surface area contributed by atoms with Gasteiger partial charge < -0.3 is 14.8 Å². The number of carbonyl (C=O) groups is 1. The van der Waals surface area contributed by atoms with Crippen LogP contribution in [0.5, 0.6) is 0 Å². The van der Waals surface area contributed by atoms with Crippen LogP contribution in [0.2, 0.25) is 0 Å². The van der Waals surface area contributed by atoms with Crippen molar-refractivity contribution in [1.29, 1.82) is 0 Å². The predicted molar refractivity (Wildman–Crippen MR) is 98.2 cm³/mol. The van der Waals surface area contributed by atoms with Crippen molar-refractivity contribution in [2.45, 2.75) is 83.3 Å². The summed E-state index contributed by atoms with van der Waals surface area (Å²) < 4.78 is 11.9. The molecule has 25 heavy (non-hydrogen) atoms. The quantitative estimate of drug-likeness (QED) is 0.882. The molecule has 1 aromatic rings. The van der Waals surface area contributed by atoms with Crippen molar-refractivity contribution in [2.24, 2.45) is 5.92 Å². The fourth-order valence-corrected chi connectivity index (χ4v) is 4.16. The molecule has 0 bridgehead atoms. The van der Waals surface area contributed by atoms with E-state index in [4.69, 9.17) is 9.47 Å². The first kappa shape index (κ1) is 18.4. The van der Waals surface area contributed by atoms with E-state index in [1.165, 1.54) is 12.0 Å². The van der Waals surface area contributed by atoms with Gasteiger partial charge in [-0.05, 0) is 45.1 Å². The molecule has 1 aromatic carbocycles. The molecule has 1 N–H and O–H groups in total. The van der Waals surface area contributed by atoms with Crippen LogP contribution in [0.1, 0.15) is 57.9 Å². The van der Waals surface area contributed by atoms with Gasteiger partial charge in [-0.3, -0.25) is 4.79 Å². The second kappa shape index (κ2) is 8.81. The number of hydrogen-bond acceptors (Lipinski definition) is 3. The van der Waals surface area contributed by atoms with E-state index in [9.17, 15) is 4.79 Å². The average Bonchev–Trinajstić information content (AvgIpc) is 2.61. The van der Waals surface area contributed by atoms with Gasteiger partial charge in [-0.1, -0.05) is 43.2 Å². The number of carbonyl (C=O) groups excluding carboxylic acids is 1. The SMILES string of the molecule is C[C@@H]1CC(C(=O)N[C@@H]2CCCC[C@H]2OCc2ccccc2)C[C@H](C)O1. The number of nitrogens with one attached hydrogen (secondary N) is 1. The Morgan fingerprint density at radius 3 is 2.52 bits per heavy atom. The second-order valence-electron chi connectivity index (χ2n) is 7.66. The third kappa shape index (κ3) is 5.29. The molecule has 1 aliphatic carbocycles. The minimum absolute atomic E-state index is 0.0652. The first-order chi connectivity index (χ1) is 12.1. The Bertz CT molecular complexity index is 537. The number of hydrogen-bond donors (Lipinski definition) is 1. The van der Waals surface area contributed by atoms with Crippen molar-refractivity contribution in [3.63, 3.8) is 0 Å². The lowest BCUT2D eigenvalue weighted by molar-refractivity contribution is -0.135. The second-order valence-corrected chi connectivity index (χ2v) is 7.66. The van der Waals surface area contributed by atoms with E-state index in [0.717, 1.165) is 32.1 Å². The molecule has 4 nitrogen and oxygen atoms in total. The maximum absolute atomic E-state index is 12.8. The van der Waals surface area contributed by atoms with Gasteiger partial charge in [-0.15, -0.1) is 0 Å². The summed E-state index contributed by atoms with van der Waals surface area (Å²) in [5.74, 6) is 0.248. The Labute approximate surface area is 151 Å². The predicted octanol–water partition coefficient (Wildman–Crippen LogP) is 3.83. The van der Waals surface area contributed by atoms with Gasteiger partial charge in [0.2, 0.25) is 5.91 Å². The van der Waals surface area contributed by atoms with Gasteiger partial charge in [0.1, 0.15) is 0 Å². The van der Waals surface area contributed by atoms with Gasteiger partial charge in [0.25, 0.3) is 0 Å². The summed E-state index contributed by atoms with van der Waals surface area (Å²) in [4.78, 5) is 12.8. The van der Waals surface area contributed by atoms with E-state index >= 15 is 0 Å². The standard InChI is InChI=1S/C21H31NO3/c1-15-12-18(13-16(2)25-15)21(23)22-19-10-6-7-11-20(19)24-14-17-8-4-3-5-9-17/h3-5,8-9,15-16,18-20H,6-7,10-14H2,1-2H3,(H,22,23)/t15-,16+,18?,19-,20-/m1/s1. The average molecular weight is 345 g/mol. The minimum atomic E-state index is 0.0652. The van der Waals surface area contributed by atoms with Crippen LogP contribution < -0.4 is 5.32 Å². The summed E-state index contributed by atoms with van der Waals surface area (Å²) in [7, 11) is 0. The Morgan fingerprint density at radius 2 is 1.80 bits per heavy atom. The molecule has 1 saturated heterocycles. The normalized spacial score (nSPS) is 33.0. The van der Waals surface area contributed by atoms with Crippen LogP contribution in [0, 0.1) is 5.92 Å². The molecule has 1 amide bonds. The van der Waals surface area contributed by atoms with E-state index in [2.05, 4.69) is 31.3 Å². The summed E-state index contributed by atoms with van der Waals surface area (Å²) in [6.07, 6.45) is 6.46. The van der Waals surface area contributed by atoms with Crippen LogP contribution in [0.4, 0.5) is 0 Å². The van der Waals surface area contributed by atoms with Gasteiger partial charge in [-0.2, -0.15) is 0 Å². The van der Waals surface area contributed by atoms with Gasteiger partial charge in [0.05, 0.1) is 31.0 Å². The molecular formula is C21H31NO3. The first-order valence-electron chi connectivity index (χ1n) is 9.73. The molecular weight excluding hydrogens is 314 g/mol. The zero-order valence-electron chi connectivity index (χ0n) is 15.4. The summed E-state index contributed by atoms with van der Waals surface area (Å²) >= 11 is 0. The van der Waals surface area contributed by atoms with Crippen LogP contribution in [-0.2, 0) is 20.9 Å². The molecule has 4 heteroatoms. The number of amides is 1. The highest BCUT2D eigenvalue weighted by Crippen LogP contribution is 2.27. The largest absolute Gasteiger partial charge is 0.376 e. The van der Waals surface area contributed by atoms with E-state index in [0.29, 0.717) is 6.61 Å². The minimum Gasteiger partial charge on any atom is -0.376 e. The molecule has 138 valence electrons. The molecule has 3 rings (SSSR count). The third-order valence-electron chi connectivity index (χ3n) is 5.41. The zero-order valence-corrected chi connectivity index (χ0v) is 15.4. The summed E-state index contributed by atoms with van der Waals surface area (Å²) in [6, 6.07) is 10.4. The Morgan fingerprint density at radius 1 is 1.12 bits per heavy atom. The van der Waals surface area contributed by atoms with Crippen LogP contribution in [-0.4, -0.2) is 30.3 Å². The topological polar surface area (TPSA) is 47.6 Å². The fraction of sp³-hybridized carbons (Fsp3) is 0.667. The summed E-state index contributed by atoms with van der Waals surface area (Å²) in [6.45, 7) is 4.73. The zero-order chi connectivity index (χ0) is 17.6. The van der Waals surface area contributed by atoms with Gasteiger partial charge >= 0.3 is 0 Å². The lowest BCUT2D eigenvalue weighted by atomic mass is 9.89. The highest BCUT2D eigenvalue weighted by atomic mass is 16.5. The Kier molecular flexibility index (Phi) is 6.49. The van der Waals surface area contributed by atoms with Crippen molar-refractivity contribution < 1.29 is 14.3 Å². The first-order valence-corrected chi connectivity index (χ1v) is 9.73. The molecule has 0 aromatic heterocycles. The van der Waals surface area contributed by atoms with Crippen molar-refractivity contribution in [3.8, 4) is 0 Å². The van der Waals surface area contributed by atoms with Crippen molar-refractivity contribution >= 4 is 5.91 Å². The van der Waals surface area contributed by atoms with Gasteiger partial charge in [0, 0.05) is 5.92 Å². The number of benzene rings is 1. The highest BCUT2D eigenvalue weighted by Gasteiger charge is 2.33.